The highest BCUT2D eigenvalue weighted by Gasteiger charge is 2.22. The molecule has 0 aliphatic carbocycles. The van der Waals surface area contributed by atoms with Crippen molar-refractivity contribution in [2.75, 3.05) is 31.5 Å². The van der Waals surface area contributed by atoms with Gasteiger partial charge in [-0.15, -0.1) is 0 Å². The maximum absolute atomic E-state index is 13.8. The lowest BCUT2D eigenvalue weighted by Gasteiger charge is -2.34. The number of halogens is 1. The first-order valence-electron chi connectivity index (χ1n) is 8.73. The van der Waals surface area contributed by atoms with Crippen LogP contribution in [0.1, 0.15) is 16.7 Å². The zero-order valence-corrected chi connectivity index (χ0v) is 15.6. The van der Waals surface area contributed by atoms with Gasteiger partial charge < -0.3 is 15.1 Å². The van der Waals surface area contributed by atoms with Crippen LogP contribution in [-0.4, -0.2) is 36.2 Å². The molecule has 1 aliphatic heterocycles. The van der Waals surface area contributed by atoms with Crippen molar-refractivity contribution in [2.45, 2.75) is 20.4 Å². The van der Waals surface area contributed by atoms with Gasteiger partial charge in [-0.2, -0.15) is 0 Å². The number of anilines is 1. The number of hydrogen-bond acceptors (Lipinski definition) is 1. The molecule has 1 aliphatic rings. The first kappa shape index (κ1) is 17.8. The molecule has 2 aromatic rings. The largest absolute Gasteiger partial charge is 0.338 e. The lowest BCUT2D eigenvalue weighted by molar-refractivity contribution is -0.917. The standard InChI is InChI=1S/C20H24FN3S/c1-15-7-8-18(13-16(15)2)22-20(25)24-11-9-23(10-12-24)14-17-5-3-4-6-19(17)21/h3-8,13H,9-12,14H2,1-2H3,(H,22,25)/p+1. The van der Waals surface area contributed by atoms with E-state index >= 15 is 0 Å². The molecule has 5 heteroatoms. The fourth-order valence-corrected chi connectivity index (χ4v) is 3.44. The van der Waals surface area contributed by atoms with Crippen LogP contribution in [0.2, 0.25) is 0 Å². The summed E-state index contributed by atoms with van der Waals surface area (Å²) in [6, 6.07) is 13.3. The fraction of sp³-hybridized carbons (Fsp3) is 0.350. The van der Waals surface area contributed by atoms with E-state index in [1.165, 1.54) is 22.1 Å². The molecule has 2 aromatic carbocycles. The second-order valence-electron chi connectivity index (χ2n) is 6.73. The second kappa shape index (κ2) is 7.93. The van der Waals surface area contributed by atoms with Gasteiger partial charge in [-0.25, -0.2) is 4.39 Å². The van der Waals surface area contributed by atoms with Gasteiger partial charge in [0.15, 0.2) is 5.11 Å². The van der Waals surface area contributed by atoms with E-state index in [4.69, 9.17) is 12.2 Å². The minimum Gasteiger partial charge on any atom is -0.338 e. The van der Waals surface area contributed by atoms with Crippen molar-refractivity contribution < 1.29 is 9.29 Å². The van der Waals surface area contributed by atoms with Gasteiger partial charge in [0.1, 0.15) is 12.4 Å². The topological polar surface area (TPSA) is 19.7 Å². The summed E-state index contributed by atoms with van der Waals surface area (Å²) < 4.78 is 13.8. The molecule has 1 fully saturated rings. The van der Waals surface area contributed by atoms with Crippen LogP contribution in [0.25, 0.3) is 0 Å². The first-order valence-corrected chi connectivity index (χ1v) is 9.14. The van der Waals surface area contributed by atoms with E-state index in [9.17, 15) is 4.39 Å². The fourth-order valence-electron chi connectivity index (χ4n) is 3.14. The van der Waals surface area contributed by atoms with Crippen LogP contribution in [0.3, 0.4) is 0 Å². The number of aryl methyl sites for hydroxylation is 2. The molecule has 0 saturated carbocycles. The SMILES string of the molecule is Cc1ccc(NC(=S)N2CC[NH+](Cc3ccccc3F)CC2)cc1C. The van der Waals surface area contributed by atoms with E-state index in [1.54, 1.807) is 6.07 Å². The van der Waals surface area contributed by atoms with Crippen LogP contribution in [0.15, 0.2) is 42.5 Å². The Morgan fingerprint density at radius 1 is 1.12 bits per heavy atom. The molecule has 1 saturated heterocycles. The van der Waals surface area contributed by atoms with Crippen molar-refractivity contribution in [3.8, 4) is 0 Å². The smallest absolute Gasteiger partial charge is 0.173 e. The predicted octanol–water partition coefficient (Wildman–Crippen LogP) is 2.54. The maximum Gasteiger partial charge on any atom is 0.173 e. The molecular formula is C20H25FN3S+. The zero-order chi connectivity index (χ0) is 17.8. The van der Waals surface area contributed by atoms with E-state index in [-0.39, 0.29) is 5.82 Å². The van der Waals surface area contributed by atoms with Gasteiger partial charge in [-0.1, -0.05) is 24.3 Å². The number of nitrogens with one attached hydrogen (secondary N) is 2. The number of nitrogens with zero attached hydrogens (tertiary/aromatic N) is 1. The molecule has 0 spiro atoms. The average molecular weight is 359 g/mol. The molecule has 0 bridgehead atoms. The molecule has 25 heavy (non-hydrogen) atoms. The molecule has 0 radical (unpaired) electrons. The van der Waals surface area contributed by atoms with Crippen molar-refractivity contribution >= 4 is 23.0 Å². The lowest BCUT2D eigenvalue weighted by atomic mass is 10.1. The van der Waals surface area contributed by atoms with Gasteiger partial charge in [0.2, 0.25) is 0 Å². The molecule has 0 atom stereocenters. The van der Waals surface area contributed by atoms with E-state index in [1.807, 2.05) is 12.1 Å². The van der Waals surface area contributed by atoms with E-state index in [2.05, 4.69) is 42.3 Å². The number of quaternary nitrogens is 1. The number of hydrogen-bond donors (Lipinski definition) is 2. The predicted molar refractivity (Wildman–Crippen MR) is 105 cm³/mol. The van der Waals surface area contributed by atoms with Crippen LogP contribution >= 0.6 is 12.2 Å². The zero-order valence-electron chi connectivity index (χ0n) is 14.8. The van der Waals surface area contributed by atoms with Gasteiger partial charge in [-0.3, -0.25) is 0 Å². The molecule has 3 rings (SSSR count). The van der Waals surface area contributed by atoms with E-state index < -0.39 is 0 Å². The minimum atomic E-state index is -0.107. The Labute approximate surface area is 154 Å². The molecular weight excluding hydrogens is 333 g/mol. The molecule has 0 unspecified atom stereocenters. The van der Waals surface area contributed by atoms with Gasteiger partial charge in [0, 0.05) is 11.3 Å². The molecule has 1 heterocycles. The third kappa shape index (κ3) is 4.55. The summed E-state index contributed by atoms with van der Waals surface area (Å²) in [6.07, 6.45) is 0. The summed E-state index contributed by atoms with van der Waals surface area (Å²) in [5.41, 5.74) is 4.37. The third-order valence-electron chi connectivity index (χ3n) is 4.91. The molecule has 0 amide bonds. The van der Waals surface area contributed by atoms with Crippen molar-refractivity contribution in [1.82, 2.24) is 4.90 Å². The molecule has 132 valence electrons. The Morgan fingerprint density at radius 2 is 1.84 bits per heavy atom. The number of thiocarbonyl (C=S) groups is 1. The van der Waals surface area contributed by atoms with Gasteiger partial charge in [0.25, 0.3) is 0 Å². The Balaban J connectivity index is 1.52. The van der Waals surface area contributed by atoms with Crippen molar-refractivity contribution in [2.24, 2.45) is 0 Å². The van der Waals surface area contributed by atoms with Crippen LogP contribution in [0, 0.1) is 19.7 Å². The van der Waals surface area contributed by atoms with Crippen LogP contribution in [0.4, 0.5) is 10.1 Å². The second-order valence-corrected chi connectivity index (χ2v) is 7.12. The maximum atomic E-state index is 13.8. The van der Waals surface area contributed by atoms with E-state index in [0.717, 1.165) is 49.1 Å². The van der Waals surface area contributed by atoms with Crippen LogP contribution < -0.4 is 10.2 Å². The number of rotatable bonds is 3. The van der Waals surface area contributed by atoms with Crippen LogP contribution in [-0.2, 0) is 6.54 Å². The van der Waals surface area contributed by atoms with Gasteiger partial charge in [-0.05, 0) is 55.4 Å². The summed E-state index contributed by atoms with van der Waals surface area (Å²) in [5, 5.41) is 4.11. The summed E-state index contributed by atoms with van der Waals surface area (Å²) >= 11 is 5.57. The van der Waals surface area contributed by atoms with Crippen LogP contribution in [0.5, 0.6) is 0 Å². The Bertz CT molecular complexity index is 754. The minimum absolute atomic E-state index is 0.107. The van der Waals surface area contributed by atoms with E-state index in [0.29, 0.717) is 0 Å². The summed E-state index contributed by atoms with van der Waals surface area (Å²) in [4.78, 5) is 3.60. The summed E-state index contributed by atoms with van der Waals surface area (Å²) in [6.45, 7) is 8.65. The lowest BCUT2D eigenvalue weighted by Crippen LogP contribution is -3.13. The monoisotopic (exact) mass is 358 g/mol. The Morgan fingerprint density at radius 3 is 2.52 bits per heavy atom. The normalized spacial score (nSPS) is 15.2. The number of benzene rings is 2. The Kier molecular flexibility index (Phi) is 5.66. The molecule has 0 aromatic heterocycles. The quantitative estimate of drug-likeness (QED) is 0.823. The van der Waals surface area contributed by atoms with Gasteiger partial charge in [0.05, 0.1) is 26.2 Å². The molecule has 2 N–H and O–H groups in total. The average Bonchev–Trinajstić information content (AvgIpc) is 2.61. The highest BCUT2D eigenvalue weighted by molar-refractivity contribution is 7.80. The van der Waals surface area contributed by atoms with Crippen molar-refractivity contribution in [3.05, 3.63) is 65.0 Å². The number of piperazine rings is 1. The highest BCUT2D eigenvalue weighted by atomic mass is 32.1. The summed E-state index contributed by atoms with van der Waals surface area (Å²) in [7, 11) is 0. The van der Waals surface area contributed by atoms with Gasteiger partial charge >= 0.3 is 0 Å². The Hall–Kier alpha value is -1.98. The summed E-state index contributed by atoms with van der Waals surface area (Å²) in [5.74, 6) is -0.107. The van der Waals surface area contributed by atoms with Crippen molar-refractivity contribution in [1.29, 1.82) is 0 Å². The third-order valence-corrected chi connectivity index (χ3v) is 5.27. The molecule has 3 nitrogen and oxygen atoms in total. The highest BCUT2D eigenvalue weighted by Crippen LogP contribution is 2.15. The first-order chi connectivity index (χ1) is 12.0. The van der Waals surface area contributed by atoms with Crippen molar-refractivity contribution in [3.63, 3.8) is 0 Å².